The molecule has 0 saturated carbocycles. The highest BCUT2D eigenvalue weighted by Crippen LogP contribution is 2.29. The van der Waals surface area contributed by atoms with Crippen molar-refractivity contribution >= 4 is 11.6 Å². The Bertz CT molecular complexity index is 580. The number of nitrogens with zero attached hydrogens (tertiary/aromatic N) is 3. The summed E-state index contributed by atoms with van der Waals surface area (Å²) in [7, 11) is 0. The highest BCUT2D eigenvalue weighted by Gasteiger charge is 2.29. The molecule has 2 unspecified atom stereocenters. The minimum Gasteiger partial charge on any atom is -0.480 e. The molecule has 18 heavy (non-hydrogen) atoms. The summed E-state index contributed by atoms with van der Waals surface area (Å²) in [5.41, 5.74) is 1.87. The number of aromatic nitrogens is 3. The third-order valence-corrected chi connectivity index (χ3v) is 3.45. The van der Waals surface area contributed by atoms with E-state index in [1.807, 2.05) is 12.3 Å². The van der Waals surface area contributed by atoms with E-state index in [4.69, 9.17) is 5.11 Å². The van der Waals surface area contributed by atoms with Gasteiger partial charge in [0.1, 0.15) is 6.04 Å². The van der Waals surface area contributed by atoms with E-state index in [0.29, 0.717) is 13.0 Å². The molecule has 2 atom stereocenters. The van der Waals surface area contributed by atoms with Crippen molar-refractivity contribution in [1.29, 1.82) is 0 Å². The first-order chi connectivity index (χ1) is 8.75. The van der Waals surface area contributed by atoms with Gasteiger partial charge < -0.3 is 10.4 Å². The molecule has 2 aromatic rings. The van der Waals surface area contributed by atoms with Crippen LogP contribution in [-0.4, -0.2) is 38.3 Å². The summed E-state index contributed by atoms with van der Waals surface area (Å²) in [4.78, 5) is 15.4. The fraction of sp³-hybridized carbons (Fsp3) is 0.417. The lowest BCUT2D eigenvalue weighted by atomic mass is 9.88. The van der Waals surface area contributed by atoms with E-state index in [0.717, 1.165) is 17.6 Å². The third kappa shape index (κ3) is 1.84. The predicted molar refractivity (Wildman–Crippen MR) is 64.4 cm³/mol. The highest BCUT2D eigenvalue weighted by atomic mass is 16.4. The fourth-order valence-electron chi connectivity index (χ4n) is 2.52. The van der Waals surface area contributed by atoms with Gasteiger partial charge in [-0.3, -0.25) is 4.79 Å². The van der Waals surface area contributed by atoms with Crippen LogP contribution < -0.4 is 5.32 Å². The molecule has 0 radical (unpaired) electrons. The first-order valence-electron chi connectivity index (χ1n) is 6.00. The van der Waals surface area contributed by atoms with Crippen LogP contribution in [0.15, 0.2) is 24.7 Å². The van der Waals surface area contributed by atoms with Crippen LogP contribution in [-0.2, 0) is 4.79 Å². The van der Waals surface area contributed by atoms with Gasteiger partial charge in [-0.05, 0) is 31.4 Å². The zero-order valence-electron chi connectivity index (χ0n) is 9.78. The van der Waals surface area contributed by atoms with Crippen LogP contribution in [0.5, 0.6) is 0 Å². The molecule has 0 aromatic carbocycles. The molecule has 6 nitrogen and oxygen atoms in total. The zero-order chi connectivity index (χ0) is 12.5. The number of fused-ring (bicyclic) bond motifs is 1. The number of aliphatic carboxylic acids is 1. The van der Waals surface area contributed by atoms with Gasteiger partial charge in [0.15, 0.2) is 5.65 Å². The quantitative estimate of drug-likeness (QED) is 0.813. The Morgan fingerprint density at radius 2 is 2.44 bits per heavy atom. The summed E-state index contributed by atoms with van der Waals surface area (Å²) in [6, 6.07) is 1.36. The number of hydrogen-bond donors (Lipinski definition) is 2. The van der Waals surface area contributed by atoms with Gasteiger partial charge in [-0.25, -0.2) is 9.50 Å². The van der Waals surface area contributed by atoms with Crippen molar-refractivity contribution in [2.45, 2.75) is 24.8 Å². The smallest absolute Gasteiger partial charge is 0.320 e. The van der Waals surface area contributed by atoms with E-state index in [1.165, 1.54) is 0 Å². The summed E-state index contributed by atoms with van der Waals surface area (Å²) >= 11 is 0. The second kappa shape index (κ2) is 4.38. The molecule has 2 aromatic heterocycles. The Morgan fingerprint density at radius 1 is 1.56 bits per heavy atom. The Hall–Kier alpha value is -1.95. The minimum atomic E-state index is -0.788. The number of rotatable bonds is 2. The van der Waals surface area contributed by atoms with Gasteiger partial charge in [0.2, 0.25) is 0 Å². The van der Waals surface area contributed by atoms with E-state index < -0.39 is 12.0 Å². The van der Waals surface area contributed by atoms with E-state index in [-0.39, 0.29) is 5.92 Å². The van der Waals surface area contributed by atoms with Crippen molar-refractivity contribution in [1.82, 2.24) is 19.9 Å². The van der Waals surface area contributed by atoms with E-state index in [9.17, 15) is 4.79 Å². The van der Waals surface area contributed by atoms with Crippen molar-refractivity contribution in [3.05, 3.63) is 30.2 Å². The molecule has 6 heteroatoms. The standard InChI is InChI=1S/C12H14N4O2/c17-12(18)10-6-8(2-4-13-10)9-7-15-16-5-1-3-14-11(9)16/h1,3,5,7-8,10,13H,2,4,6H2,(H,17,18). The molecular formula is C12H14N4O2. The normalized spacial score (nSPS) is 24.2. The minimum absolute atomic E-state index is 0.208. The molecule has 0 spiro atoms. The molecule has 2 N–H and O–H groups in total. The van der Waals surface area contributed by atoms with Gasteiger partial charge in [-0.1, -0.05) is 0 Å². The molecule has 94 valence electrons. The molecule has 1 saturated heterocycles. The molecule has 0 amide bonds. The van der Waals surface area contributed by atoms with Crippen molar-refractivity contribution in [3.63, 3.8) is 0 Å². The van der Waals surface area contributed by atoms with Gasteiger partial charge in [0.25, 0.3) is 0 Å². The van der Waals surface area contributed by atoms with Gasteiger partial charge >= 0.3 is 5.97 Å². The van der Waals surface area contributed by atoms with Gasteiger partial charge in [-0.2, -0.15) is 5.10 Å². The lowest BCUT2D eigenvalue weighted by Gasteiger charge is -2.27. The number of carboxylic acid groups (broad SMARTS) is 1. The first kappa shape index (κ1) is 11.2. The van der Waals surface area contributed by atoms with Crippen LogP contribution in [0.1, 0.15) is 24.3 Å². The van der Waals surface area contributed by atoms with E-state index in [1.54, 1.807) is 16.9 Å². The van der Waals surface area contributed by atoms with E-state index in [2.05, 4.69) is 15.4 Å². The molecule has 0 aliphatic carbocycles. The van der Waals surface area contributed by atoms with Crippen LogP contribution in [0.3, 0.4) is 0 Å². The second-order valence-electron chi connectivity index (χ2n) is 4.55. The number of piperidine rings is 1. The van der Waals surface area contributed by atoms with Gasteiger partial charge in [0.05, 0.1) is 6.20 Å². The topological polar surface area (TPSA) is 79.5 Å². The van der Waals surface area contributed by atoms with Crippen LogP contribution >= 0.6 is 0 Å². The average molecular weight is 246 g/mol. The number of carboxylic acids is 1. The van der Waals surface area contributed by atoms with Crippen molar-refractivity contribution in [2.75, 3.05) is 6.54 Å². The fourth-order valence-corrected chi connectivity index (χ4v) is 2.52. The zero-order valence-corrected chi connectivity index (χ0v) is 9.78. The molecule has 1 aliphatic heterocycles. The second-order valence-corrected chi connectivity index (χ2v) is 4.55. The molecule has 3 rings (SSSR count). The van der Waals surface area contributed by atoms with Gasteiger partial charge in [0, 0.05) is 18.0 Å². The van der Waals surface area contributed by atoms with Gasteiger partial charge in [-0.15, -0.1) is 0 Å². The lowest BCUT2D eigenvalue weighted by molar-refractivity contribution is -0.140. The maximum absolute atomic E-state index is 11.0. The summed E-state index contributed by atoms with van der Waals surface area (Å²) in [5, 5.41) is 16.3. The van der Waals surface area contributed by atoms with Crippen LogP contribution in [0.2, 0.25) is 0 Å². The number of carbonyl (C=O) groups is 1. The summed E-state index contributed by atoms with van der Waals surface area (Å²) in [6.07, 6.45) is 6.89. The highest BCUT2D eigenvalue weighted by molar-refractivity contribution is 5.73. The SMILES string of the molecule is O=C(O)C1CC(c2cnn3cccnc23)CCN1. The Morgan fingerprint density at radius 3 is 3.28 bits per heavy atom. The predicted octanol–water partition coefficient (Wildman–Crippen LogP) is 0.649. The number of hydrogen-bond acceptors (Lipinski definition) is 4. The lowest BCUT2D eigenvalue weighted by Crippen LogP contribution is -2.42. The maximum Gasteiger partial charge on any atom is 0.320 e. The molecule has 3 heterocycles. The largest absolute Gasteiger partial charge is 0.480 e. The number of nitrogens with one attached hydrogen (secondary N) is 1. The maximum atomic E-state index is 11.0. The molecule has 0 bridgehead atoms. The Labute approximate surface area is 104 Å². The van der Waals surface area contributed by atoms with Crippen molar-refractivity contribution in [3.8, 4) is 0 Å². The molecule has 1 fully saturated rings. The van der Waals surface area contributed by atoms with Crippen LogP contribution in [0, 0.1) is 0 Å². The summed E-state index contributed by atoms with van der Waals surface area (Å²) < 4.78 is 1.73. The van der Waals surface area contributed by atoms with Crippen LogP contribution in [0.4, 0.5) is 0 Å². The van der Waals surface area contributed by atoms with Crippen LogP contribution in [0.25, 0.3) is 5.65 Å². The Balaban J connectivity index is 1.92. The monoisotopic (exact) mass is 246 g/mol. The third-order valence-electron chi connectivity index (χ3n) is 3.45. The first-order valence-corrected chi connectivity index (χ1v) is 6.00. The average Bonchev–Trinajstić information content (AvgIpc) is 2.82. The Kier molecular flexibility index (Phi) is 2.71. The van der Waals surface area contributed by atoms with Crippen molar-refractivity contribution < 1.29 is 9.90 Å². The van der Waals surface area contributed by atoms with Crippen molar-refractivity contribution in [2.24, 2.45) is 0 Å². The summed E-state index contributed by atoms with van der Waals surface area (Å²) in [5.74, 6) is -0.580. The van der Waals surface area contributed by atoms with E-state index >= 15 is 0 Å². The molecule has 1 aliphatic rings. The summed E-state index contributed by atoms with van der Waals surface area (Å²) in [6.45, 7) is 0.714. The molecular weight excluding hydrogens is 232 g/mol.